The van der Waals surface area contributed by atoms with E-state index < -0.39 is 18.0 Å². The van der Waals surface area contributed by atoms with E-state index in [0.717, 1.165) is 0 Å². The maximum atomic E-state index is 12.3. The van der Waals surface area contributed by atoms with Crippen LogP contribution in [0.25, 0.3) is 0 Å². The summed E-state index contributed by atoms with van der Waals surface area (Å²) < 4.78 is 5.33. The van der Waals surface area contributed by atoms with Crippen LogP contribution in [0.3, 0.4) is 0 Å². The second kappa shape index (κ2) is 4.61. The maximum Gasteiger partial charge on any atom is 0.346 e. The van der Waals surface area contributed by atoms with Crippen LogP contribution in [0, 0.1) is 0 Å². The van der Waals surface area contributed by atoms with Gasteiger partial charge >= 0.3 is 5.97 Å². The summed E-state index contributed by atoms with van der Waals surface area (Å²) in [5, 5.41) is 21.8. The van der Waals surface area contributed by atoms with Gasteiger partial charge in [-0.15, -0.1) is 10.2 Å². The Kier molecular flexibility index (Phi) is 2.78. The molecule has 0 bridgehead atoms. The number of carbonyl (C=O) groups excluding carboxylic acids is 1. The van der Waals surface area contributed by atoms with Gasteiger partial charge in [0.05, 0.1) is 12.2 Å². The van der Waals surface area contributed by atoms with Crippen LogP contribution < -0.4 is 9.64 Å². The number of aliphatic carboxylic acids is 1. The molecule has 0 radical (unpaired) electrons. The third-order valence-electron chi connectivity index (χ3n) is 2.83. The number of fused-ring (bicyclic) bond motifs is 1. The largest absolute Gasteiger partial charge is 0.478 e. The van der Waals surface area contributed by atoms with Crippen LogP contribution in [0.5, 0.6) is 5.75 Å². The number of rotatable bonds is 2. The zero-order valence-corrected chi connectivity index (χ0v) is 10.1. The monoisotopic (exact) mass is 275 g/mol. The van der Waals surface area contributed by atoms with Gasteiger partial charge in [-0.1, -0.05) is 12.1 Å². The van der Waals surface area contributed by atoms with E-state index in [1.807, 2.05) is 0 Å². The number of ether oxygens (including phenoxy) is 1. The second-order valence-corrected chi connectivity index (χ2v) is 4.06. The Morgan fingerprint density at radius 1 is 1.40 bits per heavy atom. The number of anilines is 1. The molecule has 20 heavy (non-hydrogen) atoms. The third-order valence-corrected chi connectivity index (χ3v) is 2.83. The van der Waals surface area contributed by atoms with E-state index in [9.17, 15) is 9.59 Å². The molecule has 1 unspecified atom stereocenters. The molecule has 1 aromatic carbocycles. The SMILES string of the molecule is O=C(O)C1CN(C(=O)c2nn[nH]n2)c2ccccc2O1. The van der Waals surface area contributed by atoms with E-state index in [4.69, 9.17) is 9.84 Å². The standard InChI is InChI=1S/C11H9N5O4/c17-10(9-12-14-15-13-9)16-5-8(11(18)19)20-7-4-2-1-3-6(7)16/h1-4,8H,5H2,(H,18,19)(H,12,13,14,15). The summed E-state index contributed by atoms with van der Waals surface area (Å²) >= 11 is 0. The van der Waals surface area contributed by atoms with Crippen molar-refractivity contribution in [2.24, 2.45) is 0 Å². The number of amides is 1. The minimum absolute atomic E-state index is 0.125. The van der Waals surface area contributed by atoms with Crippen molar-refractivity contribution < 1.29 is 19.4 Å². The van der Waals surface area contributed by atoms with Gasteiger partial charge in [-0.2, -0.15) is 5.21 Å². The molecule has 1 amide bonds. The van der Waals surface area contributed by atoms with Crippen molar-refractivity contribution in [2.75, 3.05) is 11.4 Å². The molecule has 0 spiro atoms. The highest BCUT2D eigenvalue weighted by molar-refractivity contribution is 6.05. The number of hydrogen-bond donors (Lipinski definition) is 2. The van der Waals surface area contributed by atoms with Crippen LogP contribution in [0.1, 0.15) is 10.6 Å². The van der Waals surface area contributed by atoms with Gasteiger partial charge in [-0.3, -0.25) is 9.69 Å². The highest BCUT2D eigenvalue weighted by Gasteiger charge is 2.35. The van der Waals surface area contributed by atoms with Gasteiger partial charge in [0.1, 0.15) is 5.75 Å². The molecule has 3 rings (SSSR count). The molecule has 0 saturated heterocycles. The highest BCUT2D eigenvalue weighted by atomic mass is 16.5. The lowest BCUT2D eigenvalue weighted by Gasteiger charge is -2.32. The number of tetrazole rings is 1. The van der Waals surface area contributed by atoms with Gasteiger partial charge in [0.2, 0.25) is 6.10 Å². The van der Waals surface area contributed by atoms with Gasteiger partial charge in [-0.25, -0.2) is 4.79 Å². The number of H-pyrrole nitrogens is 1. The number of aromatic amines is 1. The van der Waals surface area contributed by atoms with Gasteiger partial charge in [-0.05, 0) is 17.3 Å². The summed E-state index contributed by atoms with van der Waals surface area (Å²) in [5.74, 6) is -1.50. The lowest BCUT2D eigenvalue weighted by atomic mass is 10.2. The molecule has 0 fully saturated rings. The molecule has 1 aliphatic heterocycles. The minimum Gasteiger partial charge on any atom is -0.478 e. The molecule has 0 saturated carbocycles. The van der Waals surface area contributed by atoms with Crippen LogP contribution >= 0.6 is 0 Å². The van der Waals surface area contributed by atoms with Crippen molar-refractivity contribution in [3.8, 4) is 5.75 Å². The molecule has 102 valence electrons. The Labute approximate surface area is 112 Å². The summed E-state index contributed by atoms with van der Waals surface area (Å²) in [6, 6.07) is 6.67. The number of para-hydroxylation sites is 2. The Hall–Kier alpha value is -2.97. The molecule has 2 N–H and O–H groups in total. The van der Waals surface area contributed by atoms with E-state index in [1.54, 1.807) is 24.3 Å². The Balaban J connectivity index is 2.01. The highest BCUT2D eigenvalue weighted by Crippen LogP contribution is 2.33. The van der Waals surface area contributed by atoms with Crippen LogP contribution in [0.4, 0.5) is 5.69 Å². The number of hydrogen-bond acceptors (Lipinski definition) is 6. The van der Waals surface area contributed by atoms with Crippen molar-refractivity contribution in [3.63, 3.8) is 0 Å². The average Bonchev–Trinajstić information content (AvgIpc) is 2.99. The van der Waals surface area contributed by atoms with Gasteiger partial charge in [0, 0.05) is 0 Å². The number of carboxylic acids is 1. The predicted octanol–water partition coefficient (Wildman–Crippen LogP) is -0.308. The Bertz CT molecular complexity index is 657. The molecule has 2 heterocycles. The van der Waals surface area contributed by atoms with Crippen molar-refractivity contribution in [3.05, 3.63) is 30.1 Å². The van der Waals surface area contributed by atoms with Crippen LogP contribution in [-0.2, 0) is 4.79 Å². The average molecular weight is 275 g/mol. The van der Waals surface area contributed by atoms with Crippen LogP contribution in [0.2, 0.25) is 0 Å². The molecule has 9 nitrogen and oxygen atoms in total. The van der Waals surface area contributed by atoms with Gasteiger partial charge < -0.3 is 9.84 Å². The molecule has 1 aromatic heterocycles. The quantitative estimate of drug-likeness (QED) is 0.771. The molecule has 2 aromatic rings. The van der Waals surface area contributed by atoms with Crippen molar-refractivity contribution in [1.29, 1.82) is 0 Å². The number of carboxylic acid groups (broad SMARTS) is 1. The Morgan fingerprint density at radius 2 is 2.20 bits per heavy atom. The number of nitrogens with zero attached hydrogens (tertiary/aromatic N) is 4. The van der Waals surface area contributed by atoms with Gasteiger partial charge in [0.15, 0.2) is 0 Å². The third kappa shape index (κ3) is 1.94. The smallest absolute Gasteiger partial charge is 0.346 e. The molecular weight excluding hydrogens is 266 g/mol. The van der Waals surface area contributed by atoms with Crippen molar-refractivity contribution in [2.45, 2.75) is 6.10 Å². The summed E-state index contributed by atoms with van der Waals surface area (Å²) in [5.41, 5.74) is 0.472. The molecule has 0 aliphatic carbocycles. The minimum atomic E-state index is -1.15. The lowest BCUT2D eigenvalue weighted by Crippen LogP contribution is -2.47. The molecule has 9 heteroatoms. The fourth-order valence-electron chi connectivity index (χ4n) is 1.93. The van der Waals surface area contributed by atoms with E-state index in [-0.39, 0.29) is 12.4 Å². The van der Waals surface area contributed by atoms with Crippen molar-refractivity contribution in [1.82, 2.24) is 20.6 Å². The molecule has 1 atom stereocenters. The summed E-state index contributed by atoms with van der Waals surface area (Å²) in [6.45, 7) is -0.125. The first-order valence-electron chi connectivity index (χ1n) is 5.70. The fraction of sp³-hybridized carbons (Fsp3) is 0.182. The first-order valence-corrected chi connectivity index (χ1v) is 5.70. The normalized spacial score (nSPS) is 17.2. The van der Waals surface area contributed by atoms with Crippen molar-refractivity contribution >= 4 is 17.6 Å². The van der Waals surface area contributed by atoms with Crippen LogP contribution in [-0.4, -0.2) is 50.3 Å². The number of carbonyl (C=O) groups is 2. The zero-order chi connectivity index (χ0) is 14.1. The fourth-order valence-corrected chi connectivity index (χ4v) is 1.93. The summed E-state index contributed by atoms with van der Waals surface area (Å²) in [4.78, 5) is 24.7. The van der Waals surface area contributed by atoms with E-state index >= 15 is 0 Å². The predicted molar refractivity (Wildman–Crippen MR) is 64.3 cm³/mol. The molecule has 1 aliphatic rings. The molecular formula is C11H9N5O4. The van der Waals surface area contributed by atoms with Crippen LogP contribution in [0.15, 0.2) is 24.3 Å². The first kappa shape index (κ1) is 12.1. The lowest BCUT2D eigenvalue weighted by molar-refractivity contribution is -0.144. The number of aromatic nitrogens is 4. The maximum absolute atomic E-state index is 12.3. The second-order valence-electron chi connectivity index (χ2n) is 4.06. The number of benzene rings is 1. The number of nitrogens with one attached hydrogen (secondary N) is 1. The van der Waals surface area contributed by atoms with E-state index in [0.29, 0.717) is 11.4 Å². The van der Waals surface area contributed by atoms with Gasteiger partial charge in [0.25, 0.3) is 11.7 Å². The first-order chi connectivity index (χ1) is 9.66. The summed E-state index contributed by atoms with van der Waals surface area (Å²) in [7, 11) is 0. The van der Waals surface area contributed by atoms with E-state index in [2.05, 4.69) is 20.6 Å². The summed E-state index contributed by atoms with van der Waals surface area (Å²) in [6.07, 6.45) is -1.14. The zero-order valence-electron chi connectivity index (χ0n) is 10.1. The topological polar surface area (TPSA) is 121 Å². The van der Waals surface area contributed by atoms with E-state index in [1.165, 1.54) is 4.90 Å². The Morgan fingerprint density at radius 3 is 2.90 bits per heavy atom.